The lowest BCUT2D eigenvalue weighted by atomic mass is 10.1. The van der Waals surface area contributed by atoms with Gasteiger partial charge in [-0.1, -0.05) is 18.2 Å². The van der Waals surface area contributed by atoms with Crippen molar-refractivity contribution in [3.63, 3.8) is 0 Å². The maximum absolute atomic E-state index is 11.0. The number of fused-ring (bicyclic) bond motifs is 3. The molecule has 1 heterocycles. The number of hydrogen-bond acceptors (Lipinski definition) is 2. The van der Waals surface area contributed by atoms with Gasteiger partial charge in [-0.25, -0.2) is 0 Å². The monoisotopic (exact) mass is 211 g/mol. The van der Waals surface area contributed by atoms with Crippen molar-refractivity contribution in [2.75, 3.05) is 0 Å². The highest BCUT2D eigenvalue weighted by Crippen LogP contribution is 2.28. The molecule has 1 amide bonds. The number of hydrogen-bond donors (Lipinski definition) is 1. The molecule has 3 rings (SSSR count). The minimum Gasteiger partial charge on any atom is -0.456 e. The lowest BCUT2D eigenvalue weighted by Gasteiger charge is -1.93. The maximum atomic E-state index is 11.0. The first-order chi connectivity index (χ1) is 7.75. The summed E-state index contributed by atoms with van der Waals surface area (Å²) in [6, 6.07) is 13.0. The van der Waals surface area contributed by atoms with Gasteiger partial charge in [0.1, 0.15) is 11.2 Å². The van der Waals surface area contributed by atoms with E-state index >= 15 is 0 Å². The Morgan fingerprint density at radius 2 is 1.75 bits per heavy atom. The molecule has 3 nitrogen and oxygen atoms in total. The van der Waals surface area contributed by atoms with E-state index in [1.165, 1.54) is 0 Å². The van der Waals surface area contributed by atoms with Crippen molar-refractivity contribution in [3.05, 3.63) is 48.0 Å². The topological polar surface area (TPSA) is 56.2 Å². The zero-order valence-electron chi connectivity index (χ0n) is 8.44. The molecule has 0 aliphatic rings. The van der Waals surface area contributed by atoms with Gasteiger partial charge in [-0.2, -0.15) is 0 Å². The first-order valence-electron chi connectivity index (χ1n) is 4.97. The Morgan fingerprint density at radius 3 is 2.56 bits per heavy atom. The number of furan rings is 1. The van der Waals surface area contributed by atoms with Crippen LogP contribution in [0.15, 0.2) is 46.9 Å². The molecule has 0 saturated carbocycles. The fourth-order valence-corrected chi connectivity index (χ4v) is 1.88. The zero-order chi connectivity index (χ0) is 11.1. The van der Waals surface area contributed by atoms with E-state index in [1.54, 1.807) is 12.1 Å². The Bertz CT molecular complexity index is 697. The first-order valence-corrected chi connectivity index (χ1v) is 4.97. The molecule has 3 heteroatoms. The standard InChI is InChI=1S/C13H9NO2/c14-13(15)8-5-6-10-9-3-1-2-4-11(9)16-12(10)7-8/h1-7H,(H2,14,15). The third-order valence-corrected chi connectivity index (χ3v) is 2.66. The van der Waals surface area contributed by atoms with Crippen LogP contribution in [0.25, 0.3) is 21.9 Å². The summed E-state index contributed by atoms with van der Waals surface area (Å²) in [4.78, 5) is 11.0. The van der Waals surface area contributed by atoms with E-state index in [9.17, 15) is 4.79 Å². The van der Waals surface area contributed by atoms with E-state index in [1.807, 2.05) is 30.3 Å². The molecule has 2 aromatic carbocycles. The molecule has 0 atom stereocenters. The summed E-state index contributed by atoms with van der Waals surface area (Å²) in [5, 5.41) is 2.05. The maximum Gasteiger partial charge on any atom is 0.248 e. The van der Waals surface area contributed by atoms with E-state index in [-0.39, 0.29) is 0 Å². The van der Waals surface area contributed by atoms with Crippen LogP contribution >= 0.6 is 0 Å². The van der Waals surface area contributed by atoms with Crippen LogP contribution in [0.5, 0.6) is 0 Å². The largest absolute Gasteiger partial charge is 0.456 e. The van der Waals surface area contributed by atoms with Crippen LogP contribution in [0.3, 0.4) is 0 Å². The molecular weight excluding hydrogens is 202 g/mol. The fourth-order valence-electron chi connectivity index (χ4n) is 1.88. The summed E-state index contributed by atoms with van der Waals surface area (Å²) in [6.45, 7) is 0. The normalized spacial score (nSPS) is 11.0. The average molecular weight is 211 g/mol. The molecule has 0 radical (unpaired) electrons. The van der Waals surface area contributed by atoms with E-state index < -0.39 is 5.91 Å². The summed E-state index contributed by atoms with van der Waals surface area (Å²) in [7, 11) is 0. The van der Waals surface area contributed by atoms with Gasteiger partial charge in [0.2, 0.25) is 5.91 Å². The van der Waals surface area contributed by atoms with Crippen molar-refractivity contribution in [1.82, 2.24) is 0 Å². The smallest absolute Gasteiger partial charge is 0.248 e. The van der Waals surface area contributed by atoms with Crippen LogP contribution in [0.4, 0.5) is 0 Å². The molecule has 78 valence electrons. The second kappa shape index (κ2) is 3.10. The number of nitrogens with two attached hydrogens (primary N) is 1. The van der Waals surface area contributed by atoms with Gasteiger partial charge in [-0.15, -0.1) is 0 Å². The van der Waals surface area contributed by atoms with E-state index in [0.717, 1.165) is 16.4 Å². The van der Waals surface area contributed by atoms with Crippen molar-refractivity contribution in [2.24, 2.45) is 5.73 Å². The minimum atomic E-state index is -0.442. The van der Waals surface area contributed by atoms with Crippen LogP contribution in [-0.2, 0) is 0 Å². The molecular formula is C13H9NO2. The van der Waals surface area contributed by atoms with E-state index in [4.69, 9.17) is 10.2 Å². The summed E-state index contributed by atoms with van der Waals surface area (Å²) >= 11 is 0. The quantitative estimate of drug-likeness (QED) is 0.672. The number of carbonyl (C=O) groups is 1. The predicted octanol–water partition coefficient (Wildman–Crippen LogP) is 2.68. The Hall–Kier alpha value is -2.29. The van der Waals surface area contributed by atoms with Crippen molar-refractivity contribution in [2.45, 2.75) is 0 Å². The van der Waals surface area contributed by atoms with Crippen molar-refractivity contribution >= 4 is 27.8 Å². The van der Waals surface area contributed by atoms with Crippen molar-refractivity contribution in [1.29, 1.82) is 0 Å². The highest BCUT2D eigenvalue weighted by atomic mass is 16.3. The van der Waals surface area contributed by atoms with Crippen LogP contribution in [0.2, 0.25) is 0 Å². The van der Waals surface area contributed by atoms with E-state index in [2.05, 4.69) is 0 Å². The highest BCUT2D eigenvalue weighted by Gasteiger charge is 2.08. The molecule has 0 saturated heterocycles. The fraction of sp³-hybridized carbons (Fsp3) is 0. The lowest BCUT2D eigenvalue weighted by Crippen LogP contribution is -2.10. The van der Waals surface area contributed by atoms with Crippen LogP contribution in [-0.4, -0.2) is 5.91 Å². The van der Waals surface area contributed by atoms with Gasteiger partial charge in [0.25, 0.3) is 0 Å². The Labute approximate surface area is 91.5 Å². The summed E-state index contributed by atoms with van der Waals surface area (Å²) in [5.74, 6) is -0.442. The molecule has 0 bridgehead atoms. The SMILES string of the molecule is NC(=O)c1ccc2c(c1)oc1ccccc12. The molecule has 3 aromatic rings. The molecule has 0 spiro atoms. The van der Waals surface area contributed by atoms with Crippen molar-refractivity contribution < 1.29 is 9.21 Å². The Balaban J connectivity index is 2.41. The number of amides is 1. The highest BCUT2D eigenvalue weighted by molar-refractivity contribution is 6.07. The number of primary amides is 1. The lowest BCUT2D eigenvalue weighted by molar-refractivity contribution is 0.100. The third-order valence-electron chi connectivity index (χ3n) is 2.66. The van der Waals surface area contributed by atoms with Gasteiger partial charge in [-0.3, -0.25) is 4.79 Å². The second-order valence-corrected chi connectivity index (χ2v) is 3.67. The summed E-state index contributed by atoms with van der Waals surface area (Å²) in [5.41, 5.74) is 7.19. The second-order valence-electron chi connectivity index (χ2n) is 3.67. The molecule has 0 aliphatic heterocycles. The average Bonchev–Trinajstić information content (AvgIpc) is 2.66. The van der Waals surface area contributed by atoms with Crippen LogP contribution < -0.4 is 5.73 Å². The van der Waals surface area contributed by atoms with Gasteiger partial charge < -0.3 is 10.2 Å². The van der Waals surface area contributed by atoms with Gasteiger partial charge in [0.15, 0.2) is 0 Å². The van der Waals surface area contributed by atoms with Gasteiger partial charge >= 0.3 is 0 Å². The first kappa shape index (κ1) is 8.97. The minimum absolute atomic E-state index is 0.442. The van der Waals surface area contributed by atoms with Gasteiger partial charge in [0.05, 0.1) is 0 Å². The zero-order valence-corrected chi connectivity index (χ0v) is 8.44. The van der Waals surface area contributed by atoms with E-state index in [0.29, 0.717) is 11.1 Å². The number of benzene rings is 2. The molecule has 0 fully saturated rings. The molecule has 0 unspecified atom stereocenters. The predicted molar refractivity (Wildman–Crippen MR) is 62.2 cm³/mol. The van der Waals surface area contributed by atoms with Gasteiger partial charge in [-0.05, 0) is 24.3 Å². The third kappa shape index (κ3) is 1.18. The molecule has 16 heavy (non-hydrogen) atoms. The summed E-state index contributed by atoms with van der Waals surface area (Å²) in [6.07, 6.45) is 0. The Morgan fingerprint density at radius 1 is 1.00 bits per heavy atom. The molecule has 2 N–H and O–H groups in total. The molecule has 1 aromatic heterocycles. The number of carbonyl (C=O) groups excluding carboxylic acids is 1. The van der Waals surface area contributed by atoms with Gasteiger partial charge in [0, 0.05) is 16.3 Å². The van der Waals surface area contributed by atoms with Crippen molar-refractivity contribution in [3.8, 4) is 0 Å². The van der Waals surface area contributed by atoms with Crippen LogP contribution in [0, 0.1) is 0 Å². The number of para-hydroxylation sites is 1. The van der Waals surface area contributed by atoms with Crippen LogP contribution in [0.1, 0.15) is 10.4 Å². The Kier molecular flexibility index (Phi) is 1.74. The summed E-state index contributed by atoms with van der Waals surface area (Å²) < 4.78 is 5.64. The number of rotatable bonds is 1. The molecule has 0 aliphatic carbocycles.